The van der Waals surface area contributed by atoms with Crippen LogP contribution in [0.15, 0.2) is 12.1 Å². The van der Waals surface area contributed by atoms with Crippen LogP contribution in [-0.4, -0.2) is 11.0 Å². The van der Waals surface area contributed by atoms with Gasteiger partial charge in [-0.15, -0.1) is 0 Å². The number of aryl methyl sites for hydroxylation is 1. The van der Waals surface area contributed by atoms with E-state index in [4.69, 9.17) is 0 Å². The molecule has 0 saturated heterocycles. The van der Waals surface area contributed by atoms with E-state index in [0.717, 1.165) is 36.1 Å². The molecule has 0 fully saturated rings. The fourth-order valence-electron chi connectivity index (χ4n) is 2.18. The molecule has 0 aliphatic heterocycles. The highest BCUT2D eigenvalue weighted by Gasteiger charge is 2.20. The number of hydrogen-bond donors (Lipinski definition) is 2. The summed E-state index contributed by atoms with van der Waals surface area (Å²) in [5.41, 5.74) is 2.39. The zero-order valence-corrected chi connectivity index (χ0v) is 13.3. The first kappa shape index (κ1) is 16.5. The summed E-state index contributed by atoms with van der Waals surface area (Å²) in [5.74, 6) is 0.339. The summed E-state index contributed by atoms with van der Waals surface area (Å²) in [7, 11) is 0. The molecule has 0 radical (unpaired) electrons. The number of hydrogen-bond acceptors (Lipinski definition) is 2. The molecule has 0 unspecified atom stereocenters. The van der Waals surface area contributed by atoms with Gasteiger partial charge in [-0.25, -0.2) is 0 Å². The van der Waals surface area contributed by atoms with E-state index in [1.165, 1.54) is 0 Å². The molecule has 0 heterocycles. The number of amides is 1. The van der Waals surface area contributed by atoms with E-state index in [1.807, 2.05) is 33.8 Å². The number of phenols is 1. The smallest absolute Gasteiger partial charge is 0.224 e. The topological polar surface area (TPSA) is 49.3 Å². The van der Waals surface area contributed by atoms with E-state index >= 15 is 0 Å². The van der Waals surface area contributed by atoms with Gasteiger partial charge >= 0.3 is 0 Å². The van der Waals surface area contributed by atoms with Gasteiger partial charge in [0.05, 0.1) is 0 Å². The van der Waals surface area contributed by atoms with Gasteiger partial charge in [0.15, 0.2) is 0 Å². The van der Waals surface area contributed by atoms with Crippen molar-refractivity contribution in [1.29, 1.82) is 0 Å². The van der Waals surface area contributed by atoms with Crippen LogP contribution in [0.5, 0.6) is 5.75 Å². The lowest BCUT2D eigenvalue weighted by atomic mass is 9.85. The lowest BCUT2D eigenvalue weighted by Crippen LogP contribution is -2.15. The highest BCUT2D eigenvalue weighted by Crippen LogP contribution is 2.34. The number of rotatable bonds is 5. The molecule has 0 bridgehead atoms. The number of aromatic hydroxyl groups is 1. The molecule has 2 N–H and O–H groups in total. The predicted molar refractivity (Wildman–Crippen MR) is 84.3 cm³/mol. The zero-order chi connectivity index (χ0) is 15.3. The van der Waals surface area contributed by atoms with Crippen molar-refractivity contribution in [2.24, 2.45) is 0 Å². The highest BCUT2D eigenvalue weighted by molar-refractivity contribution is 5.91. The fourth-order valence-corrected chi connectivity index (χ4v) is 2.18. The Bertz CT molecular complexity index is 473. The third-order valence-electron chi connectivity index (χ3n) is 3.43. The van der Waals surface area contributed by atoms with E-state index in [2.05, 4.69) is 12.2 Å². The van der Waals surface area contributed by atoms with Gasteiger partial charge in [0.25, 0.3) is 0 Å². The first-order valence-corrected chi connectivity index (χ1v) is 7.39. The molecule has 3 heteroatoms. The summed E-state index contributed by atoms with van der Waals surface area (Å²) in [5, 5.41) is 13.0. The van der Waals surface area contributed by atoms with Crippen LogP contribution < -0.4 is 5.32 Å². The summed E-state index contributed by atoms with van der Waals surface area (Å²) >= 11 is 0. The van der Waals surface area contributed by atoms with E-state index in [0.29, 0.717) is 12.2 Å². The van der Waals surface area contributed by atoms with E-state index in [1.54, 1.807) is 6.07 Å². The summed E-state index contributed by atoms with van der Waals surface area (Å²) in [6.07, 6.45) is 3.67. The average Bonchev–Trinajstić information content (AvgIpc) is 2.31. The predicted octanol–water partition coefficient (Wildman–Crippen LogP) is 4.52. The minimum atomic E-state index is -0.153. The van der Waals surface area contributed by atoms with Crippen molar-refractivity contribution in [3.8, 4) is 5.75 Å². The first-order chi connectivity index (χ1) is 9.25. The van der Waals surface area contributed by atoms with Crippen LogP contribution >= 0.6 is 0 Å². The number of benzene rings is 1. The number of carbonyl (C=O) groups excluding carboxylic acids is 1. The lowest BCUT2D eigenvalue weighted by molar-refractivity contribution is -0.116. The normalized spacial score (nSPS) is 11.4. The molecular weight excluding hydrogens is 250 g/mol. The van der Waals surface area contributed by atoms with Crippen LogP contribution in [0.1, 0.15) is 64.5 Å². The van der Waals surface area contributed by atoms with Crippen molar-refractivity contribution in [3.05, 3.63) is 23.3 Å². The van der Waals surface area contributed by atoms with Crippen molar-refractivity contribution in [2.75, 3.05) is 5.32 Å². The van der Waals surface area contributed by atoms with Crippen LogP contribution in [-0.2, 0) is 10.2 Å². The molecule has 0 saturated carbocycles. The molecule has 1 rings (SSSR count). The summed E-state index contributed by atoms with van der Waals surface area (Å²) in [6, 6.07) is 3.62. The van der Waals surface area contributed by atoms with Crippen LogP contribution in [0.4, 0.5) is 5.69 Å². The Hall–Kier alpha value is -1.51. The maximum atomic E-state index is 11.9. The van der Waals surface area contributed by atoms with Gasteiger partial charge in [0, 0.05) is 17.7 Å². The minimum Gasteiger partial charge on any atom is -0.508 e. The molecule has 0 aliphatic carbocycles. The van der Waals surface area contributed by atoms with Crippen LogP contribution in [0.2, 0.25) is 0 Å². The maximum Gasteiger partial charge on any atom is 0.224 e. The van der Waals surface area contributed by atoms with Crippen LogP contribution in [0, 0.1) is 6.92 Å². The number of nitrogens with one attached hydrogen (secondary N) is 1. The van der Waals surface area contributed by atoms with E-state index in [-0.39, 0.29) is 11.3 Å². The first-order valence-electron chi connectivity index (χ1n) is 7.39. The molecule has 112 valence electrons. The van der Waals surface area contributed by atoms with Crippen LogP contribution in [0.25, 0.3) is 0 Å². The van der Waals surface area contributed by atoms with Crippen molar-refractivity contribution in [3.63, 3.8) is 0 Å². The molecule has 1 amide bonds. The second kappa shape index (κ2) is 6.78. The van der Waals surface area contributed by atoms with Gasteiger partial charge in [-0.05, 0) is 36.5 Å². The van der Waals surface area contributed by atoms with Crippen molar-refractivity contribution >= 4 is 11.6 Å². The Kier molecular flexibility index (Phi) is 5.61. The lowest BCUT2D eigenvalue weighted by Gasteiger charge is -2.22. The molecule has 3 nitrogen and oxygen atoms in total. The fraction of sp³-hybridized carbons (Fsp3) is 0.588. The number of carbonyl (C=O) groups is 1. The molecule has 0 atom stereocenters. The van der Waals surface area contributed by atoms with Gasteiger partial charge in [0.2, 0.25) is 5.91 Å². The van der Waals surface area contributed by atoms with Gasteiger partial charge < -0.3 is 10.4 Å². The van der Waals surface area contributed by atoms with Gasteiger partial charge in [-0.1, -0.05) is 40.5 Å². The minimum absolute atomic E-state index is 0.0482. The quantitative estimate of drug-likeness (QED) is 0.614. The van der Waals surface area contributed by atoms with Crippen molar-refractivity contribution in [1.82, 2.24) is 0 Å². The second-order valence-corrected chi connectivity index (χ2v) is 6.44. The van der Waals surface area contributed by atoms with E-state index < -0.39 is 0 Å². The summed E-state index contributed by atoms with van der Waals surface area (Å²) < 4.78 is 0. The summed E-state index contributed by atoms with van der Waals surface area (Å²) in [4.78, 5) is 11.9. The highest BCUT2D eigenvalue weighted by atomic mass is 16.3. The van der Waals surface area contributed by atoms with E-state index in [9.17, 15) is 9.90 Å². The Morgan fingerprint density at radius 3 is 2.45 bits per heavy atom. The molecule has 0 aromatic heterocycles. The van der Waals surface area contributed by atoms with Crippen LogP contribution in [0.3, 0.4) is 0 Å². The third kappa shape index (κ3) is 4.55. The van der Waals surface area contributed by atoms with Gasteiger partial charge in [0.1, 0.15) is 5.75 Å². The van der Waals surface area contributed by atoms with Crippen molar-refractivity contribution in [2.45, 2.75) is 65.7 Å². The molecule has 20 heavy (non-hydrogen) atoms. The second-order valence-electron chi connectivity index (χ2n) is 6.44. The molecule has 1 aromatic rings. The zero-order valence-electron chi connectivity index (χ0n) is 13.3. The molecular formula is C17H27NO2. The SMILES string of the molecule is CCCCCC(=O)Nc1cc(C(C)(C)C)c(O)cc1C. The Labute approximate surface area is 122 Å². The summed E-state index contributed by atoms with van der Waals surface area (Å²) in [6.45, 7) is 10.2. The third-order valence-corrected chi connectivity index (χ3v) is 3.43. The average molecular weight is 277 g/mol. The molecule has 1 aromatic carbocycles. The van der Waals surface area contributed by atoms with Crippen molar-refractivity contribution < 1.29 is 9.90 Å². The molecule has 0 spiro atoms. The Balaban J connectivity index is 2.87. The van der Waals surface area contributed by atoms with Gasteiger partial charge in [-0.2, -0.15) is 0 Å². The number of phenolic OH excluding ortho intramolecular Hbond substituents is 1. The number of unbranched alkanes of at least 4 members (excludes halogenated alkanes) is 2. The monoisotopic (exact) mass is 277 g/mol. The standard InChI is InChI=1S/C17H27NO2/c1-6-7-8-9-16(20)18-14-11-13(17(3,4)5)15(19)10-12(14)2/h10-11,19H,6-9H2,1-5H3,(H,18,20). The maximum absolute atomic E-state index is 11.9. The largest absolute Gasteiger partial charge is 0.508 e. The van der Waals surface area contributed by atoms with Gasteiger partial charge in [-0.3, -0.25) is 4.79 Å². The Morgan fingerprint density at radius 2 is 1.90 bits per heavy atom. The molecule has 0 aliphatic rings. The Morgan fingerprint density at radius 1 is 1.25 bits per heavy atom. The number of anilines is 1.